The van der Waals surface area contributed by atoms with Crippen molar-refractivity contribution in [2.45, 2.75) is 55.2 Å². The highest BCUT2D eigenvalue weighted by Gasteiger charge is 2.30. The lowest BCUT2D eigenvalue weighted by molar-refractivity contribution is -0.120. The molecule has 1 aromatic heterocycles. The van der Waals surface area contributed by atoms with Crippen molar-refractivity contribution in [1.82, 2.24) is 14.9 Å². The molecule has 2 aliphatic rings. The zero-order chi connectivity index (χ0) is 18.1. The fraction of sp³-hybridized carbons (Fsp3) is 0.526. The molecule has 26 heavy (non-hydrogen) atoms. The van der Waals surface area contributed by atoms with Crippen molar-refractivity contribution < 1.29 is 9.53 Å². The maximum Gasteiger partial charge on any atom is 0.262 e. The minimum atomic E-state index is -0.325. The summed E-state index contributed by atoms with van der Waals surface area (Å²) in [4.78, 5) is 30.0. The number of benzene rings is 1. The van der Waals surface area contributed by atoms with E-state index < -0.39 is 0 Å². The topological polar surface area (TPSA) is 73.2 Å². The Hall–Kier alpha value is -1.86. The predicted molar refractivity (Wildman–Crippen MR) is 102 cm³/mol. The van der Waals surface area contributed by atoms with Crippen LogP contribution >= 0.6 is 11.8 Å². The van der Waals surface area contributed by atoms with Gasteiger partial charge in [-0.15, -0.1) is 0 Å². The van der Waals surface area contributed by atoms with Crippen molar-refractivity contribution in [2.75, 3.05) is 13.2 Å². The summed E-state index contributed by atoms with van der Waals surface area (Å²) in [6.07, 6.45) is 4.16. The SMILES string of the molecule is C[C@@H](Sc1nc2ccccc2c(=O)n1C1CC1)C(=O)NC[C@H]1CCCO1. The Labute approximate surface area is 156 Å². The molecule has 2 atom stereocenters. The number of aromatic nitrogens is 2. The third kappa shape index (κ3) is 3.64. The highest BCUT2D eigenvalue weighted by molar-refractivity contribution is 8.00. The molecular weight excluding hydrogens is 350 g/mol. The highest BCUT2D eigenvalue weighted by Crippen LogP contribution is 2.37. The van der Waals surface area contributed by atoms with Crippen LogP contribution < -0.4 is 10.9 Å². The lowest BCUT2D eigenvalue weighted by Gasteiger charge is -2.17. The molecule has 1 saturated heterocycles. The van der Waals surface area contributed by atoms with E-state index in [1.54, 1.807) is 4.57 Å². The van der Waals surface area contributed by atoms with Gasteiger partial charge in [0.05, 0.1) is 22.3 Å². The minimum Gasteiger partial charge on any atom is -0.376 e. The van der Waals surface area contributed by atoms with Gasteiger partial charge in [0.1, 0.15) is 0 Å². The number of hydrogen-bond donors (Lipinski definition) is 1. The number of hydrogen-bond acceptors (Lipinski definition) is 5. The zero-order valence-electron chi connectivity index (χ0n) is 14.8. The number of carbonyl (C=O) groups excluding carboxylic acids is 1. The lowest BCUT2D eigenvalue weighted by Crippen LogP contribution is -2.37. The first-order chi connectivity index (χ1) is 12.6. The van der Waals surface area contributed by atoms with Crippen LogP contribution in [-0.4, -0.2) is 40.0 Å². The largest absolute Gasteiger partial charge is 0.376 e. The maximum absolute atomic E-state index is 12.9. The number of nitrogens with one attached hydrogen (secondary N) is 1. The first kappa shape index (κ1) is 17.5. The monoisotopic (exact) mass is 373 g/mol. The summed E-state index contributed by atoms with van der Waals surface area (Å²) in [5.74, 6) is -0.0461. The quantitative estimate of drug-likeness (QED) is 0.622. The molecule has 6 nitrogen and oxygen atoms in total. The molecule has 7 heteroatoms. The molecule has 2 aromatic rings. The molecule has 0 unspecified atom stereocenters. The number of ether oxygens (including phenoxy) is 1. The molecule has 0 bridgehead atoms. The summed E-state index contributed by atoms with van der Waals surface area (Å²) in [5, 5.41) is 3.91. The highest BCUT2D eigenvalue weighted by atomic mass is 32.2. The van der Waals surface area contributed by atoms with E-state index in [0.29, 0.717) is 22.6 Å². The van der Waals surface area contributed by atoms with Crippen LogP contribution in [0.25, 0.3) is 10.9 Å². The van der Waals surface area contributed by atoms with Gasteiger partial charge in [-0.1, -0.05) is 23.9 Å². The van der Waals surface area contributed by atoms with Crippen LogP contribution in [0.4, 0.5) is 0 Å². The lowest BCUT2D eigenvalue weighted by atomic mass is 10.2. The summed E-state index contributed by atoms with van der Waals surface area (Å²) in [6, 6.07) is 7.61. The molecule has 138 valence electrons. The van der Waals surface area contributed by atoms with E-state index in [2.05, 4.69) is 10.3 Å². The molecule has 1 aliphatic heterocycles. The number of para-hydroxylation sites is 1. The van der Waals surface area contributed by atoms with Crippen LogP contribution in [0.5, 0.6) is 0 Å². The van der Waals surface area contributed by atoms with Gasteiger partial charge in [0.25, 0.3) is 5.56 Å². The Morgan fingerprint density at radius 2 is 2.19 bits per heavy atom. The molecular formula is C19H23N3O3S. The average molecular weight is 373 g/mol. The molecule has 1 aromatic carbocycles. The third-order valence-corrected chi connectivity index (χ3v) is 5.93. The molecule has 1 amide bonds. The molecule has 2 fully saturated rings. The summed E-state index contributed by atoms with van der Waals surface area (Å²) in [7, 11) is 0. The van der Waals surface area contributed by atoms with Crippen LogP contribution in [0, 0.1) is 0 Å². The Bertz CT molecular complexity index is 872. The van der Waals surface area contributed by atoms with Crippen molar-refractivity contribution >= 4 is 28.6 Å². The Morgan fingerprint density at radius 3 is 2.92 bits per heavy atom. The maximum atomic E-state index is 12.9. The first-order valence-electron chi connectivity index (χ1n) is 9.21. The van der Waals surface area contributed by atoms with E-state index in [1.165, 1.54) is 11.8 Å². The van der Waals surface area contributed by atoms with Gasteiger partial charge < -0.3 is 10.1 Å². The molecule has 0 radical (unpaired) electrons. The summed E-state index contributed by atoms with van der Waals surface area (Å²) >= 11 is 1.36. The Balaban J connectivity index is 1.53. The third-order valence-electron chi connectivity index (χ3n) is 4.87. The number of amides is 1. The fourth-order valence-electron chi connectivity index (χ4n) is 3.24. The summed E-state index contributed by atoms with van der Waals surface area (Å²) in [5.41, 5.74) is 0.677. The predicted octanol–water partition coefficient (Wildman–Crippen LogP) is 2.51. The van der Waals surface area contributed by atoms with E-state index in [9.17, 15) is 9.59 Å². The Morgan fingerprint density at radius 1 is 1.38 bits per heavy atom. The van der Waals surface area contributed by atoms with Crippen molar-refractivity contribution in [3.63, 3.8) is 0 Å². The number of rotatable bonds is 6. The van der Waals surface area contributed by atoms with Gasteiger partial charge >= 0.3 is 0 Å². The van der Waals surface area contributed by atoms with E-state index >= 15 is 0 Å². The average Bonchev–Trinajstić information content (AvgIpc) is 3.33. The second kappa shape index (κ2) is 7.40. The number of fused-ring (bicyclic) bond motifs is 1. The van der Waals surface area contributed by atoms with Gasteiger partial charge in [-0.3, -0.25) is 14.2 Å². The zero-order valence-corrected chi connectivity index (χ0v) is 15.6. The van der Waals surface area contributed by atoms with Crippen LogP contribution in [0.2, 0.25) is 0 Å². The normalized spacial score (nSPS) is 21.0. The van der Waals surface area contributed by atoms with Crippen molar-refractivity contribution in [3.8, 4) is 0 Å². The number of thioether (sulfide) groups is 1. The van der Waals surface area contributed by atoms with Crippen LogP contribution in [-0.2, 0) is 9.53 Å². The molecule has 1 saturated carbocycles. The van der Waals surface area contributed by atoms with Gasteiger partial charge in [0.15, 0.2) is 5.16 Å². The van der Waals surface area contributed by atoms with Crippen molar-refractivity contribution in [3.05, 3.63) is 34.6 Å². The second-order valence-corrected chi connectivity index (χ2v) is 8.27. The van der Waals surface area contributed by atoms with Crippen molar-refractivity contribution in [2.24, 2.45) is 0 Å². The van der Waals surface area contributed by atoms with Gasteiger partial charge in [0.2, 0.25) is 5.91 Å². The molecule has 0 spiro atoms. The van der Waals surface area contributed by atoms with E-state index in [0.717, 1.165) is 32.3 Å². The summed E-state index contributed by atoms with van der Waals surface area (Å²) < 4.78 is 7.32. The van der Waals surface area contributed by atoms with Crippen LogP contribution in [0.15, 0.2) is 34.2 Å². The molecule has 1 aliphatic carbocycles. The molecule has 1 N–H and O–H groups in total. The van der Waals surface area contributed by atoms with E-state index in [1.807, 2.05) is 31.2 Å². The summed E-state index contributed by atoms with van der Waals surface area (Å²) in [6.45, 7) is 3.18. The molecule has 2 heterocycles. The van der Waals surface area contributed by atoms with E-state index in [-0.39, 0.29) is 28.9 Å². The second-order valence-electron chi connectivity index (χ2n) is 6.96. The van der Waals surface area contributed by atoms with Crippen molar-refractivity contribution in [1.29, 1.82) is 0 Å². The minimum absolute atomic E-state index is 0.00689. The van der Waals surface area contributed by atoms with Gasteiger partial charge in [0, 0.05) is 19.2 Å². The Kier molecular flexibility index (Phi) is 5.00. The van der Waals surface area contributed by atoms with Crippen LogP contribution in [0.1, 0.15) is 38.6 Å². The first-order valence-corrected chi connectivity index (χ1v) is 10.1. The van der Waals surface area contributed by atoms with Gasteiger partial charge in [-0.2, -0.15) is 0 Å². The van der Waals surface area contributed by atoms with Gasteiger partial charge in [-0.25, -0.2) is 4.98 Å². The van der Waals surface area contributed by atoms with Crippen LogP contribution in [0.3, 0.4) is 0 Å². The number of carbonyl (C=O) groups is 1. The fourth-order valence-corrected chi connectivity index (χ4v) is 4.24. The van der Waals surface area contributed by atoms with Gasteiger partial charge in [-0.05, 0) is 44.7 Å². The van der Waals surface area contributed by atoms with E-state index in [4.69, 9.17) is 4.74 Å². The smallest absolute Gasteiger partial charge is 0.262 e. The molecule has 4 rings (SSSR count). The number of nitrogens with zero attached hydrogens (tertiary/aromatic N) is 2. The standard InChI is InChI=1S/C19H23N3O3S/c1-12(17(23)20-11-14-5-4-10-25-14)26-19-21-16-7-3-2-6-15(16)18(24)22(19)13-8-9-13/h2-3,6-7,12-14H,4-5,8-11H2,1H3,(H,20,23)/t12-,14-/m1/s1.